The van der Waals surface area contributed by atoms with Crippen LogP contribution in [0.4, 0.5) is 5.82 Å². The zero-order chi connectivity index (χ0) is 17.2. The number of sulfone groups is 1. The lowest BCUT2D eigenvalue weighted by Gasteiger charge is -2.35. The second-order valence-corrected chi connectivity index (χ2v) is 9.07. The topological polar surface area (TPSA) is 79.0 Å². The molecule has 24 heavy (non-hydrogen) atoms. The van der Waals surface area contributed by atoms with E-state index in [0.717, 1.165) is 42.5 Å². The van der Waals surface area contributed by atoms with Gasteiger partial charge in [0.15, 0.2) is 9.84 Å². The Kier molecular flexibility index (Phi) is 5.08. The van der Waals surface area contributed by atoms with Gasteiger partial charge in [0.2, 0.25) is 0 Å². The van der Waals surface area contributed by atoms with Crippen molar-refractivity contribution in [2.75, 3.05) is 23.5 Å². The van der Waals surface area contributed by atoms with Crippen molar-refractivity contribution < 1.29 is 8.42 Å². The molecule has 0 atom stereocenters. The number of rotatable bonds is 6. The molecule has 0 aromatic carbocycles. The molecule has 0 bridgehead atoms. The van der Waals surface area contributed by atoms with Gasteiger partial charge >= 0.3 is 0 Å². The Labute approximate surface area is 143 Å². The predicted octanol–water partition coefficient (Wildman–Crippen LogP) is 2.78. The molecule has 1 N–H and O–H groups in total. The molecule has 132 valence electrons. The number of hydrogen-bond donors (Lipinski definition) is 1. The van der Waals surface area contributed by atoms with E-state index < -0.39 is 9.84 Å². The van der Waals surface area contributed by atoms with E-state index in [0.29, 0.717) is 29.9 Å². The first kappa shape index (κ1) is 17.2. The van der Waals surface area contributed by atoms with Gasteiger partial charge in [-0.1, -0.05) is 6.92 Å². The molecule has 1 aliphatic rings. The summed E-state index contributed by atoms with van der Waals surface area (Å²) in [7, 11) is -0.804. The van der Waals surface area contributed by atoms with Gasteiger partial charge in [-0.25, -0.2) is 18.4 Å². The van der Waals surface area contributed by atoms with Crippen LogP contribution in [0.3, 0.4) is 0 Å². The molecule has 0 saturated heterocycles. The van der Waals surface area contributed by atoms with Crippen LogP contribution in [0.15, 0.2) is 18.6 Å². The van der Waals surface area contributed by atoms with Crippen molar-refractivity contribution >= 4 is 26.7 Å². The minimum Gasteiger partial charge on any atom is -0.356 e. The third-order valence-corrected chi connectivity index (χ3v) is 7.05. The highest BCUT2D eigenvalue weighted by atomic mass is 32.2. The van der Waals surface area contributed by atoms with Crippen LogP contribution in [-0.4, -0.2) is 48.0 Å². The second kappa shape index (κ2) is 7.09. The van der Waals surface area contributed by atoms with Crippen LogP contribution in [0.25, 0.3) is 11.0 Å². The summed E-state index contributed by atoms with van der Waals surface area (Å²) in [6, 6.07) is 2.41. The van der Waals surface area contributed by atoms with Gasteiger partial charge in [0.05, 0.1) is 11.1 Å². The maximum atomic E-state index is 12.0. The summed E-state index contributed by atoms with van der Waals surface area (Å²) in [5, 5.41) is 1.03. The molecule has 7 heteroatoms. The van der Waals surface area contributed by atoms with Crippen molar-refractivity contribution in [1.29, 1.82) is 0 Å². The fourth-order valence-corrected chi connectivity index (χ4v) is 5.61. The average Bonchev–Trinajstić information content (AvgIpc) is 3.03. The summed E-state index contributed by atoms with van der Waals surface area (Å²) in [5.41, 5.74) is 0.853. The van der Waals surface area contributed by atoms with Gasteiger partial charge in [-0.15, -0.1) is 0 Å². The Morgan fingerprint density at radius 1 is 1.25 bits per heavy atom. The number of anilines is 1. The fourth-order valence-electron chi connectivity index (χ4n) is 3.76. The highest BCUT2D eigenvalue weighted by Crippen LogP contribution is 2.32. The maximum Gasteiger partial charge on any atom is 0.150 e. The summed E-state index contributed by atoms with van der Waals surface area (Å²) in [5.74, 6) is 1.93. The van der Waals surface area contributed by atoms with Crippen LogP contribution >= 0.6 is 0 Å². The molecule has 0 amide bonds. The molecule has 0 aliphatic heterocycles. The minimum atomic E-state index is -2.88. The van der Waals surface area contributed by atoms with Crippen molar-refractivity contribution in [3.8, 4) is 0 Å². The van der Waals surface area contributed by atoms with E-state index in [9.17, 15) is 8.42 Å². The van der Waals surface area contributed by atoms with Crippen LogP contribution in [0.1, 0.15) is 39.0 Å². The second-order valence-electron chi connectivity index (χ2n) is 6.84. The number of aromatic amines is 1. The Balaban J connectivity index is 1.63. The third kappa shape index (κ3) is 3.71. The first-order chi connectivity index (χ1) is 11.5. The van der Waals surface area contributed by atoms with E-state index in [-0.39, 0.29) is 0 Å². The normalized spacial score (nSPS) is 21.9. The van der Waals surface area contributed by atoms with Gasteiger partial charge in [0.1, 0.15) is 17.8 Å². The quantitative estimate of drug-likeness (QED) is 0.866. The van der Waals surface area contributed by atoms with Crippen molar-refractivity contribution in [3.05, 3.63) is 18.6 Å². The van der Waals surface area contributed by atoms with Gasteiger partial charge in [0, 0.05) is 25.0 Å². The standard InChI is InChI=1S/C17H26N4O2S/c1-3-10-24(22,23)11-13-4-6-14(7-5-13)21(2)17-15-8-9-18-16(15)19-12-20-17/h8-9,12-14H,3-7,10-11H2,1-2H3,(H,18,19,20). The summed E-state index contributed by atoms with van der Waals surface area (Å²) >= 11 is 0. The molecule has 0 radical (unpaired) electrons. The third-order valence-electron chi connectivity index (χ3n) is 5.04. The molecule has 2 aromatic rings. The summed E-state index contributed by atoms with van der Waals surface area (Å²) in [6.45, 7) is 1.92. The Morgan fingerprint density at radius 2 is 2.00 bits per heavy atom. The average molecular weight is 350 g/mol. The summed E-state index contributed by atoms with van der Waals surface area (Å²) in [4.78, 5) is 14.0. The lowest BCUT2D eigenvalue weighted by molar-refractivity contribution is 0.341. The van der Waals surface area contributed by atoms with E-state index in [1.807, 2.05) is 19.2 Å². The fraction of sp³-hybridized carbons (Fsp3) is 0.647. The van der Waals surface area contributed by atoms with Crippen molar-refractivity contribution in [1.82, 2.24) is 15.0 Å². The molecule has 0 unspecified atom stereocenters. The number of H-pyrrole nitrogens is 1. The largest absolute Gasteiger partial charge is 0.356 e. The highest BCUT2D eigenvalue weighted by molar-refractivity contribution is 7.91. The smallest absolute Gasteiger partial charge is 0.150 e. The number of nitrogens with one attached hydrogen (secondary N) is 1. The van der Waals surface area contributed by atoms with Gasteiger partial charge in [-0.3, -0.25) is 0 Å². The monoisotopic (exact) mass is 350 g/mol. The molecular formula is C17H26N4O2S. The van der Waals surface area contributed by atoms with Crippen LogP contribution in [0.2, 0.25) is 0 Å². The Bertz CT molecular complexity index is 779. The highest BCUT2D eigenvalue weighted by Gasteiger charge is 2.28. The number of aromatic nitrogens is 3. The zero-order valence-electron chi connectivity index (χ0n) is 14.4. The molecule has 3 rings (SSSR count). The molecule has 1 aliphatic carbocycles. The summed E-state index contributed by atoms with van der Waals surface area (Å²) < 4.78 is 24.0. The van der Waals surface area contributed by atoms with Gasteiger partial charge < -0.3 is 9.88 Å². The van der Waals surface area contributed by atoms with Crippen LogP contribution < -0.4 is 4.90 Å². The van der Waals surface area contributed by atoms with Crippen LogP contribution in [-0.2, 0) is 9.84 Å². The first-order valence-electron chi connectivity index (χ1n) is 8.71. The van der Waals surface area contributed by atoms with E-state index in [1.54, 1.807) is 6.33 Å². The van der Waals surface area contributed by atoms with Gasteiger partial charge in [-0.2, -0.15) is 0 Å². The maximum absolute atomic E-state index is 12.0. The molecule has 1 saturated carbocycles. The van der Waals surface area contributed by atoms with E-state index in [2.05, 4.69) is 26.9 Å². The van der Waals surface area contributed by atoms with Crippen LogP contribution in [0, 0.1) is 5.92 Å². The Hall–Kier alpha value is -1.63. The molecule has 6 nitrogen and oxygen atoms in total. The number of nitrogens with zero attached hydrogens (tertiary/aromatic N) is 3. The SMILES string of the molecule is CCCS(=O)(=O)CC1CCC(N(C)c2ncnc3[nH]ccc23)CC1. The van der Waals surface area contributed by atoms with E-state index in [4.69, 9.17) is 0 Å². The van der Waals surface area contributed by atoms with Gasteiger partial charge in [-0.05, 0) is 44.1 Å². The molecule has 2 heterocycles. The Morgan fingerprint density at radius 3 is 2.71 bits per heavy atom. The lowest BCUT2D eigenvalue weighted by Crippen LogP contribution is -2.37. The molecule has 0 spiro atoms. The number of hydrogen-bond acceptors (Lipinski definition) is 5. The number of fused-ring (bicyclic) bond motifs is 1. The molecule has 2 aromatic heterocycles. The van der Waals surface area contributed by atoms with E-state index >= 15 is 0 Å². The van der Waals surface area contributed by atoms with Crippen LogP contribution in [0.5, 0.6) is 0 Å². The van der Waals surface area contributed by atoms with Crippen molar-refractivity contribution in [2.24, 2.45) is 5.92 Å². The first-order valence-corrected chi connectivity index (χ1v) is 10.5. The molecule has 1 fully saturated rings. The van der Waals surface area contributed by atoms with Crippen molar-refractivity contribution in [3.63, 3.8) is 0 Å². The van der Waals surface area contributed by atoms with Gasteiger partial charge in [0.25, 0.3) is 0 Å². The molecular weight excluding hydrogens is 324 g/mol. The van der Waals surface area contributed by atoms with Crippen molar-refractivity contribution in [2.45, 2.75) is 45.1 Å². The summed E-state index contributed by atoms with van der Waals surface area (Å²) in [6.07, 6.45) is 8.15. The lowest BCUT2D eigenvalue weighted by atomic mass is 9.86. The minimum absolute atomic E-state index is 0.309. The van der Waals surface area contributed by atoms with E-state index in [1.165, 1.54) is 0 Å². The predicted molar refractivity (Wildman–Crippen MR) is 97.0 cm³/mol. The zero-order valence-corrected chi connectivity index (χ0v) is 15.2.